The first-order valence-corrected chi connectivity index (χ1v) is 13.2. The Morgan fingerprint density at radius 1 is 1.26 bits per heavy atom. The van der Waals surface area contributed by atoms with Crippen molar-refractivity contribution in [2.24, 2.45) is 0 Å². The van der Waals surface area contributed by atoms with Gasteiger partial charge in [0, 0.05) is 55.9 Å². The van der Waals surface area contributed by atoms with E-state index >= 15 is 0 Å². The minimum atomic E-state index is -5.93. The number of piperazine rings is 1. The molecule has 1 aliphatic carbocycles. The fourth-order valence-corrected chi connectivity index (χ4v) is 4.69. The summed E-state index contributed by atoms with van der Waals surface area (Å²) in [6.45, 7) is 3.60. The number of hydrogen-bond donors (Lipinski definition) is 0. The second kappa shape index (κ2) is 10.7. The van der Waals surface area contributed by atoms with Crippen LogP contribution in [-0.2, 0) is 19.6 Å². The van der Waals surface area contributed by atoms with Gasteiger partial charge in [-0.05, 0) is 25.8 Å². The van der Waals surface area contributed by atoms with E-state index in [9.17, 15) is 31.6 Å². The van der Waals surface area contributed by atoms with Crippen LogP contribution in [0.4, 0.5) is 19.0 Å². The molecule has 204 valence electrons. The van der Waals surface area contributed by atoms with Gasteiger partial charge < -0.3 is 18.7 Å². The standard InChI is InChI=1S/C23H25F3N6O5S/c1-14-13-31(6-7-32(14)20(33)5-8-36-2)22-16(11-27)9-18(21(29-22)15-3-4-15)17-10-19(30-28-12-17)37-38(34,35)23(24,25)26/h9-10,12,14-15H,3-8,13H2,1-2H3. The molecule has 0 spiro atoms. The third-order valence-corrected chi connectivity index (χ3v) is 7.26. The number of methoxy groups -OCH3 is 1. The molecule has 1 saturated carbocycles. The van der Waals surface area contributed by atoms with Crippen molar-refractivity contribution >= 4 is 21.8 Å². The monoisotopic (exact) mass is 554 g/mol. The van der Waals surface area contributed by atoms with E-state index in [1.54, 1.807) is 11.0 Å². The lowest BCUT2D eigenvalue weighted by atomic mass is 10.0. The summed E-state index contributed by atoms with van der Waals surface area (Å²) in [5.74, 6) is -0.362. The summed E-state index contributed by atoms with van der Waals surface area (Å²) >= 11 is 0. The summed E-state index contributed by atoms with van der Waals surface area (Å²) < 4.78 is 70.2. The molecule has 11 nitrogen and oxygen atoms in total. The van der Waals surface area contributed by atoms with Crippen molar-refractivity contribution in [2.75, 3.05) is 38.3 Å². The number of hydrogen-bond acceptors (Lipinski definition) is 10. The molecule has 1 amide bonds. The number of rotatable bonds is 8. The molecule has 2 aromatic heterocycles. The topological polar surface area (TPSA) is 139 Å². The Kier molecular flexibility index (Phi) is 7.75. The number of pyridine rings is 1. The minimum absolute atomic E-state index is 0.0165. The van der Waals surface area contributed by atoms with E-state index in [-0.39, 0.29) is 35.4 Å². The normalized spacial score (nSPS) is 18.3. The Morgan fingerprint density at radius 3 is 2.61 bits per heavy atom. The van der Waals surface area contributed by atoms with Crippen LogP contribution in [0.25, 0.3) is 11.1 Å². The van der Waals surface area contributed by atoms with Crippen molar-refractivity contribution in [1.29, 1.82) is 5.26 Å². The zero-order valence-electron chi connectivity index (χ0n) is 20.6. The van der Waals surface area contributed by atoms with Crippen LogP contribution in [0.5, 0.6) is 5.88 Å². The number of nitrogens with zero attached hydrogens (tertiary/aromatic N) is 6. The molecule has 0 aromatic carbocycles. The van der Waals surface area contributed by atoms with Gasteiger partial charge in [-0.3, -0.25) is 4.79 Å². The third-order valence-electron chi connectivity index (χ3n) is 6.31. The van der Waals surface area contributed by atoms with Gasteiger partial charge in [0.1, 0.15) is 11.9 Å². The average molecular weight is 555 g/mol. The molecule has 2 aliphatic rings. The average Bonchev–Trinajstić information content (AvgIpc) is 3.71. The number of alkyl halides is 3. The number of carbonyl (C=O) groups is 1. The van der Waals surface area contributed by atoms with E-state index in [0.29, 0.717) is 43.3 Å². The zero-order chi connectivity index (χ0) is 27.7. The molecule has 0 bridgehead atoms. The molecule has 3 heterocycles. The van der Waals surface area contributed by atoms with Crippen LogP contribution in [-0.4, -0.2) is 79.3 Å². The fraction of sp³-hybridized carbons (Fsp3) is 0.522. The molecule has 1 unspecified atom stereocenters. The van der Waals surface area contributed by atoms with E-state index in [0.717, 1.165) is 18.9 Å². The van der Waals surface area contributed by atoms with Crippen molar-refractivity contribution in [3.8, 4) is 23.1 Å². The number of amides is 1. The van der Waals surface area contributed by atoms with Gasteiger partial charge in [0.15, 0.2) is 0 Å². The first-order chi connectivity index (χ1) is 17.9. The maximum atomic E-state index is 12.8. The number of carbonyl (C=O) groups excluding carboxylic acids is 1. The predicted molar refractivity (Wildman–Crippen MR) is 127 cm³/mol. The highest BCUT2D eigenvalue weighted by atomic mass is 32.2. The first-order valence-electron chi connectivity index (χ1n) is 11.8. The maximum Gasteiger partial charge on any atom is 0.534 e. The third kappa shape index (κ3) is 5.81. The van der Waals surface area contributed by atoms with E-state index < -0.39 is 21.5 Å². The molecule has 4 rings (SSSR count). The van der Waals surface area contributed by atoms with Gasteiger partial charge in [0.2, 0.25) is 5.91 Å². The van der Waals surface area contributed by atoms with Crippen molar-refractivity contribution in [1.82, 2.24) is 20.1 Å². The summed E-state index contributed by atoms with van der Waals surface area (Å²) in [5.41, 5.74) is -4.15. The molecule has 1 atom stereocenters. The molecule has 1 saturated heterocycles. The van der Waals surface area contributed by atoms with Crippen LogP contribution in [0.15, 0.2) is 18.3 Å². The highest BCUT2D eigenvalue weighted by molar-refractivity contribution is 7.87. The number of aromatic nitrogens is 3. The van der Waals surface area contributed by atoms with E-state index in [2.05, 4.69) is 20.4 Å². The Morgan fingerprint density at radius 2 is 2.00 bits per heavy atom. The van der Waals surface area contributed by atoms with Crippen molar-refractivity contribution in [2.45, 2.75) is 43.7 Å². The lowest BCUT2D eigenvalue weighted by Crippen LogP contribution is -2.54. The molecule has 1 aliphatic heterocycles. The maximum absolute atomic E-state index is 12.8. The molecular formula is C23H25F3N6O5S. The predicted octanol–water partition coefficient (Wildman–Crippen LogP) is 2.59. The first kappa shape index (κ1) is 27.5. The van der Waals surface area contributed by atoms with Gasteiger partial charge in [-0.15, -0.1) is 5.10 Å². The lowest BCUT2D eigenvalue weighted by molar-refractivity contribution is -0.134. The van der Waals surface area contributed by atoms with Gasteiger partial charge in [0.25, 0.3) is 5.88 Å². The van der Waals surface area contributed by atoms with Crippen LogP contribution in [0.1, 0.15) is 43.4 Å². The summed E-state index contributed by atoms with van der Waals surface area (Å²) in [6.07, 6.45) is 3.17. The molecule has 2 aromatic rings. The highest BCUT2D eigenvalue weighted by Crippen LogP contribution is 2.45. The molecule has 2 fully saturated rings. The Bertz CT molecular complexity index is 1360. The largest absolute Gasteiger partial charge is 0.534 e. The Labute approximate surface area is 217 Å². The van der Waals surface area contributed by atoms with Crippen LogP contribution >= 0.6 is 0 Å². The highest BCUT2D eigenvalue weighted by Gasteiger charge is 2.49. The Balaban J connectivity index is 1.64. The van der Waals surface area contributed by atoms with E-state index in [4.69, 9.17) is 9.72 Å². The Hall–Kier alpha value is -3.51. The number of ether oxygens (including phenoxy) is 1. The fourth-order valence-electron chi connectivity index (χ4n) is 4.29. The zero-order valence-corrected chi connectivity index (χ0v) is 21.4. The van der Waals surface area contributed by atoms with Crippen molar-refractivity contribution in [3.63, 3.8) is 0 Å². The van der Waals surface area contributed by atoms with Gasteiger partial charge in [-0.1, -0.05) is 0 Å². The van der Waals surface area contributed by atoms with Crippen molar-refractivity contribution in [3.05, 3.63) is 29.6 Å². The minimum Gasteiger partial charge on any atom is -0.384 e. The summed E-state index contributed by atoms with van der Waals surface area (Å²) in [6, 6.07) is 4.58. The number of anilines is 1. The summed E-state index contributed by atoms with van der Waals surface area (Å²) in [5, 5.41) is 16.9. The quantitative estimate of drug-likeness (QED) is 0.353. The molecule has 38 heavy (non-hydrogen) atoms. The molecule has 15 heteroatoms. The van der Waals surface area contributed by atoms with E-state index in [1.807, 2.05) is 11.8 Å². The lowest BCUT2D eigenvalue weighted by Gasteiger charge is -2.41. The molecular weight excluding hydrogens is 529 g/mol. The van der Waals surface area contributed by atoms with Gasteiger partial charge in [-0.2, -0.15) is 31.9 Å². The smallest absolute Gasteiger partial charge is 0.384 e. The van der Waals surface area contributed by atoms with Gasteiger partial charge in [0.05, 0.1) is 30.5 Å². The van der Waals surface area contributed by atoms with Crippen LogP contribution in [0.2, 0.25) is 0 Å². The molecule has 0 radical (unpaired) electrons. The van der Waals surface area contributed by atoms with E-state index in [1.165, 1.54) is 13.3 Å². The molecule has 0 N–H and O–H groups in total. The van der Waals surface area contributed by atoms with Gasteiger partial charge in [-0.25, -0.2) is 4.98 Å². The number of halogens is 3. The second-order valence-electron chi connectivity index (χ2n) is 9.07. The van der Waals surface area contributed by atoms with Crippen LogP contribution in [0, 0.1) is 11.3 Å². The summed E-state index contributed by atoms with van der Waals surface area (Å²) in [4.78, 5) is 21.0. The SMILES string of the molecule is COCCC(=O)N1CCN(c2nc(C3CC3)c(-c3cnnc(OS(=O)(=O)C(F)(F)F)c3)cc2C#N)CC1C. The summed E-state index contributed by atoms with van der Waals surface area (Å²) in [7, 11) is -4.40. The van der Waals surface area contributed by atoms with Crippen LogP contribution < -0.4 is 9.08 Å². The van der Waals surface area contributed by atoms with Crippen molar-refractivity contribution < 1.29 is 35.3 Å². The van der Waals surface area contributed by atoms with Crippen LogP contribution in [0.3, 0.4) is 0 Å². The number of nitriles is 1. The second-order valence-corrected chi connectivity index (χ2v) is 10.6. The van der Waals surface area contributed by atoms with Gasteiger partial charge >= 0.3 is 15.6 Å².